The van der Waals surface area contributed by atoms with Gasteiger partial charge in [0.25, 0.3) is 5.91 Å². The number of carbonyl (C=O) groups is 1. The van der Waals surface area contributed by atoms with Crippen molar-refractivity contribution in [1.82, 2.24) is 10.0 Å². The fourth-order valence-electron chi connectivity index (χ4n) is 3.45. The summed E-state index contributed by atoms with van der Waals surface area (Å²) >= 11 is 0. The number of nitrogens with one attached hydrogen (secondary N) is 2. The van der Waals surface area contributed by atoms with E-state index in [1.165, 1.54) is 0 Å². The first kappa shape index (κ1) is 22.8. The third-order valence-electron chi connectivity index (χ3n) is 5.43. The molecule has 1 aliphatic rings. The molecule has 0 saturated carbocycles. The second-order valence-electron chi connectivity index (χ2n) is 7.93. The summed E-state index contributed by atoms with van der Waals surface area (Å²) in [5, 5.41) is 2.97. The molecule has 0 unspecified atom stereocenters. The van der Waals surface area contributed by atoms with Crippen LogP contribution < -0.4 is 19.5 Å². The van der Waals surface area contributed by atoms with Gasteiger partial charge in [-0.2, -0.15) is 0 Å². The Bertz CT molecular complexity index is 1240. The number of carbonyl (C=O) groups excluding carboxylic acids is 1. The highest BCUT2D eigenvalue weighted by Crippen LogP contribution is 2.32. The van der Waals surface area contributed by atoms with Gasteiger partial charge in [-0.1, -0.05) is 35.9 Å². The van der Waals surface area contributed by atoms with Gasteiger partial charge in [-0.25, -0.2) is 13.1 Å². The summed E-state index contributed by atoms with van der Waals surface area (Å²) in [4.78, 5) is 12.9. The molecule has 0 spiro atoms. The summed E-state index contributed by atoms with van der Waals surface area (Å²) in [6.45, 7) is 4.97. The summed E-state index contributed by atoms with van der Waals surface area (Å²) in [5.74, 6) is 1.17. The van der Waals surface area contributed by atoms with Crippen LogP contribution in [0.2, 0.25) is 0 Å². The highest BCUT2D eigenvalue weighted by molar-refractivity contribution is 7.89. The van der Waals surface area contributed by atoms with Crippen molar-refractivity contribution in [3.63, 3.8) is 0 Å². The number of amides is 1. The molecular formula is C25H26N2O5S. The van der Waals surface area contributed by atoms with E-state index in [4.69, 9.17) is 9.47 Å². The van der Waals surface area contributed by atoms with Crippen LogP contribution in [0.25, 0.3) is 0 Å². The quantitative estimate of drug-likeness (QED) is 0.553. The van der Waals surface area contributed by atoms with Crippen molar-refractivity contribution in [1.29, 1.82) is 0 Å². The van der Waals surface area contributed by atoms with E-state index < -0.39 is 10.0 Å². The molecule has 7 nitrogen and oxygen atoms in total. The molecular weight excluding hydrogens is 440 g/mol. The van der Waals surface area contributed by atoms with E-state index in [-0.39, 0.29) is 23.4 Å². The second-order valence-corrected chi connectivity index (χ2v) is 9.70. The van der Waals surface area contributed by atoms with Crippen LogP contribution in [0, 0.1) is 6.92 Å². The molecule has 3 aromatic carbocycles. The monoisotopic (exact) mass is 466 g/mol. The maximum Gasteiger partial charge on any atom is 0.251 e. The average molecular weight is 467 g/mol. The van der Waals surface area contributed by atoms with E-state index in [1.54, 1.807) is 48.5 Å². The van der Waals surface area contributed by atoms with Crippen LogP contribution in [-0.2, 0) is 16.6 Å². The molecule has 1 amide bonds. The van der Waals surface area contributed by atoms with E-state index >= 15 is 0 Å². The Kier molecular flexibility index (Phi) is 6.67. The number of hydrogen-bond acceptors (Lipinski definition) is 5. The fourth-order valence-corrected chi connectivity index (χ4v) is 4.46. The Morgan fingerprint density at radius 2 is 1.61 bits per heavy atom. The molecule has 1 aliphatic heterocycles. The average Bonchev–Trinajstić information content (AvgIpc) is 2.83. The first-order valence-electron chi connectivity index (χ1n) is 10.7. The molecule has 0 radical (unpaired) electrons. The lowest BCUT2D eigenvalue weighted by Gasteiger charge is -2.21. The van der Waals surface area contributed by atoms with Crippen LogP contribution >= 0.6 is 0 Å². The van der Waals surface area contributed by atoms with Gasteiger partial charge in [0.2, 0.25) is 10.0 Å². The zero-order valence-corrected chi connectivity index (χ0v) is 19.3. The molecule has 0 saturated heterocycles. The van der Waals surface area contributed by atoms with Gasteiger partial charge < -0.3 is 14.8 Å². The van der Waals surface area contributed by atoms with E-state index in [2.05, 4.69) is 10.0 Å². The van der Waals surface area contributed by atoms with Gasteiger partial charge >= 0.3 is 0 Å². The lowest BCUT2D eigenvalue weighted by Crippen LogP contribution is -2.27. The first-order valence-corrected chi connectivity index (χ1v) is 12.2. The minimum atomic E-state index is -3.60. The van der Waals surface area contributed by atoms with E-state index in [0.717, 1.165) is 16.7 Å². The Labute approximate surface area is 193 Å². The maximum atomic E-state index is 12.7. The largest absolute Gasteiger partial charge is 0.486 e. The highest BCUT2D eigenvalue weighted by atomic mass is 32.2. The van der Waals surface area contributed by atoms with Gasteiger partial charge in [-0.15, -0.1) is 0 Å². The zero-order valence-electron chi connectivity index (χ0n) is 18.5. The smallest absolute Gasteiger partial charge is 0.251 e. The van der Waals surface area contributed by atoms with Gasteiger partial charge in [0.1, 0.15) is 13.2 Å². The summed E-state index contributed by atoms with van der Waals surface area (Å²) in [5.41, 5.74) is 3.15. The molecule has 1 atom stereocenters. The molecule has 3 aromatic rings. The SMILES string of the molecule is Cc1ccc(S(=O)(=O)NCc2ccc(C(=O)N[C@H](C)c3ccc4c(c3)OCCO4)cc2)cc1. The molecule has 8 heteroatoms. The van der Waals surface area contributed by atoms with Gasteiger partial charge in [0.05, 0.1) is 10.9 Å². The molecule has 33 heavy (non-hydrogen) atoms. The van der Waals surface area contributed by atoms with Crippen LogP contribution in [0.4, 0.5) is 0 Å². The van der Waals surface area contributed by atoms with E-state index in [1.807, 2.05) is 32.0 Å². The molecule has 4 rings (SSSR count). The molecule has 172 valence electrons. The predicted molar refractivity (Wildman–Crippen MR) is 125 cm³/mol. The highest BCUT2D eigenvalue weighted by Gasteiger charge is 2.17. The van der Waals surface area contributed by atoms with Crippen LogP contribution in [0.3, 0.4) is 0 Å². The molecule has 0 aliphatic carbocycles. The van der Waals surface area contributed by atoms with Crippen molar-refractivity contribution >= 4 is 15.9 Å². The summed E-state index contributed by atoms with van der Waals surface area (Å²) in [6, 6.07) is 18.9. The van der Waals surface area contributed by atoms with Crippen LogP contribution in [0.5, 0.6) is 11.5 Å². The van der Waals surface area contributed by atoms with Gasteiger partial charge in [0.15, 0.2) is 11.5 Å². The number of ether oxygens (including phenoxy) is 2. The Hall–Kier alpha value is -3.36. The van der Waals surface area contributed by atoms with Crippen molar-refractivity contribution in [2.24, 2.45) is 0 Å². The molecule has 0 fully saturated rings. The van der Waals surface area contributed by atoms with Crippen LogP contribution in [0.15, 0.2) is 71.6 Å². The Morgan fingerprint density at radius 1 is 0.939 bits per heavy atom. The van der Waals surface area contributed by atoms with Gasteiger partial charge in [-0.3, -0.25) is 4.79 Å². The first-order chi connectivity index (χ1) is 15.8. The lowest BCUT2D eigenvalue weighted by atomic mass is 10.1. The summed E-state index contributed by atoms with van der Waals surface area (Å²) < 4.78 is 38.6. The normalized spacial score (nSPS) is 13.9. The Balaban J connectivity index is 1.35. The standard InChI is InChI=1S/C25H26N2O5S/c1-17-3-10-22(11-4-17)33(29,30)26-16-19-5-7-20(8-6-19)25(28)27-18(2)21-9-12-23-24(15-21)32-14-13-31-23/h3-12,15,18,26H,13-14,16H2,1-2H3,(H,27,28)/t18-/m1/s1. The van der Waals surface area contributed by atoms with Crippen molar-refractivity contribution in [2.45, 2.75) is 31.3 Å². The minimum absolute atomic E-state index is 0.131. The third-order valence-corrected chi connectivity index (χ3v) is 6.84. The summed E-state index contributed by atoms with van der Waals surface area (Å²) in [6.07, 6.45) is 0. The predicted octanol–water partition coefficient (Wildman–Crippen LogP) is 3.74. The van der Waals surface area contributed by atoms with Crippen LogP contribution in [-0.4, -0.2) is 27.5 Å². The van der Waals surface area contributed by atoms with E-state index in [9.17, 15) is 13.2 Å². The number of aryl methyl sites for hydroxylation is 1. The minimum Gasteiger partial charge on any atom is -0.486 e. The topological polar surface area (TPSA) is 93.7 Å². The van der Waals surface area contributed by atoms with Crippen LogP contribution in [0.1, 0.15) is 40.0 Å². The maximum absolute atomic E-state index is 12.7. The number of fused-ring (bicyclic) bond motifs is 1. The van der Waals surface area contributed by atoms with Gasteiger partial charge in [-0.05, 0) is 61.4 Å². The second kappa shape index (κ2) is 9.64. The molecule has 2 N–H and O–H groups in total. The van der Waals surface area contributed by atoms with Crippen molar-refractivity contribution in [3.05, 3.63) is 89.0 Å². The third kappa shape index (κ3) is 5.53. The molecule has 0 bridgehead atoms. The molecule has 0 aromatic heterocycles. The zero-order chi connectivity index (χ0) is 23.4. The van der Waals surface area contributed by atoms with Crippen molar-refractivity contribution in [2.75, 3.05) is 13.2 Å². The van der Waals surface area contributed by atoms with Crippen molar-refractivity contribution in [3.8, 4) is 11.5 Å². The number of sulfonamides is 1. The fraction of sp³-hybridized carbons (Fsp3) is 0.240. The van der Waals surface area contributed by atoms with Gasteiger partial charge in [0, 0.05) is 12.1 Å². The summed E-state index contributed by atoms with van der Waals surface area (Å²) in [7, 11) is -3.60. The number of benzene rings is 3. The molecule has 1 heterocycles. The lowest BCUT2D eigenvalue weighted by molar-refractivity contribution is 0.0939. The van der Waals surface area contributed by atoms with E-state index in [0.29, 0.717) is 30.3 Å². The number of rotatable bonds is 7. The Morgan fingerprint density at radius 3 is 2.30 bits per heavy atom. The van der Waals surface area contributed by atoms with Crippen molar-refractivity contribution < 1.29 is 22.7 Å². The number of hydrogen-bond donors (Lipinski definition) is 2.